The van der Waals surface area contributed by atoms with Gasteiger partial charge < -0.3 is 9.47 Å². The number of rotatable bonds is 6. The average Bonchev–Trinajstić information content (AvgIpc) is 2.24. The van der Waals surface area contributed by atoms with E-state index >= 15 is 0 Å². The van der Waals surface area contributed by atoms with Gasteiger partial charge in [-0.1, -0.05) is 20.8 Å². The maximum absolute atomic E-state index is 5.58. The molecule has 2 heteroatoms. The molecule has 0 N–H and O–H groups in total. The first-order valence-electron chi connectivity index (χ1n) is 5.49. The van der Waals surface area contributed by atoms with Gasteiger partial charge in [-0.2, -0.15) is 0 Å². The van der Waals surface area contributed by atoms with Crippen molar-refractivity contribution in [3.8, 4) is 11.5 Å². The van der Waals surface area contributed by atoms with Crippen molar-refractivity contribution in [1.29, 1.82) is 0 Å². The van der Waals surface area contributed by atoms with Gasteiger partial charge >= 0.3 is 0 Å². The topological polar surface area (TPSA) is 18.5 Å². The molecule has 0 saturated carbocycles. The van der Waals surface area contributed by atoms with E-state index in [1.54, 1.807) is 0 Å². The Morgan fingerprint density at radius 1 is 1.20 bits per heavy atom. The lowest BCUT2D eigenvalue weighted by molar-refractivity contribution is 0.267. The van der Waals surface area contributed by atoms with Crippen molar-refractivity contribution in [3.63, 3.8) is 0 Å². The van der Waals surface area contributed by atoms with Crippen LogP contribution in [0.2, 0.25) is 0 Å². The van der Waals surface area contributed by atoms with Gasteiger partial charge in [0, 0.05) is 6.07 Å². The largest absolute Gasteiger partial charge is 0.493 e. The summed E-state index contributed by atoms with van der Waals surface area (Å²) in [5, 5.41) is 0. The molecular weight excluding hydrogens is 188 g/mol. The van der Waals surface area contributed by atoms with E-state index < -0.39 is 0 Å². The lowest BCUT2D eigenvalue weighted by Crippen LogP contribution is -2.04. The van der Waals surface area contributed by atoms with Crippen LogP contribution in [0.3, 0.4) is 0 Å². The fourth-order valence-electron chi connectivity index (χ4n) is 1.08. The molecule has 0 fully saturated rings. The van der Waals surface area contributed by atoms with Crippen LogP contribution in [0.1, 0.15) is 27.2 Å². The van der Waals surface area contributed by atoms with Gasteiger partial charge in [-0.3, -0.25) is 0 Å². The van der Waals surface area contributed by atoms with Crippen molar-refractivity contribution < 1.29 is 9.47 Å². The monoisotopic (exact) mass is 207 g/mol. The number of hydrogen-bond donors (Lipinski definition) is 0. The first kappa shape index (κ1) is 11.9. The van der Waals surface area contributed by atoms with Crippen LogP contribution in [-0.2, 0) is 0 Å². The van der Waals surface area contributed by atoms with Gasteiger partial charge in [0.15, 0.2) is 0 Å². The van der Waals surface area contributed by atoms with E-state index in [9.17, 15) is 0 Å². The molecule has 0 heterocycles. The maximum atomic E-state index is 5.58. The molecule has 15 heavy (non-hydrogen) atoms. The van der Waals surface area contributed by atoms with E-state index in [1.807, 2.05) is 18.2 Å². The highest BCUT2D eigenvalue weighted by Gasteiger charge is 1.99. The molecule has 0 spiro atoms. The van der Waals surface area contributed by atoms with Crippen molar-refractivity contribution in [2.24, 2.45) is 5.92 Å². The van der Waals surface area contributed by atoms with Gasteiger partial charge in [-0.25, -0.2) is 0 Å². The lowest BCUT2D eigenvalue weighted by Gasteiger charge is -2.10. The van der Waals surface area contributed by atoms with Crippen LogP contribution in [0, 0.1) is 12.0 Å². The van der Waals surface area contributed by atoms with Gasteiger partial charge in [-0.05, 0) is 30.5 Å². The highest BCUT2D eigenvalue weighted by Crippen LogP contribution is 2.19. The van der Waals surface area contributed by atoms with Crippen LogP contribution in [-0.4, -0.2) is 13.2 Å². The third-order valence-corrected chi connectivity index (χ3v) is 1.79. The van der Waals surface area contributed by atoms with Crippen LogP contribution in [0.25, 0.3) is 0 Å². The Labute approximate surface area is 92.2 Å². The predicted octanol–water partition coefficient (Wildman–Crippen LogP) is 3.31. The molecule has 1 radical (unpaired) electrons. The first-order valence-corrected chi connectivity index (χ1v) is 5.49. The third-order valence-electron chi connectivity index (χ3n) is 1.79. The summed E-state index contributed by atoms with van der Waals surface area (Å²) in [6, 6.07) is 8.59. The van der Waals surface area contributed by atoms with Crippen LogP contribution in [0.5, 0.6) is 11.5 Å². The molecule has 0 amide bonds. The molecular formula is C13H19O2. The highest BCUT2D eigenvalue weighted by atomic mass is 16.5. The molecule has 83 valence electrons. The van der Waals surface area contributed by atoms with E-state index in [1.165, 1.54) is 0 Å². The summed E-state index contributed by atoms with van der Waals surface area (Å²) in [6.07, 6.45) is 1.01. The molecule has 0 aliphatic heterocycles. The summed E-state index contributed by atoms with van der Waals surface area (Å²) in [5.41, 5.74) is 0. The zero-order valence-electron chi connectivity index (χ0n) is 9.75. The summed E-state index contributed by atoms with van der Waals surface area (Å²) in [6.45, 7) is 7.80. The predicted molar refractivity (Wildman–Crippen MR) is 61.4 cm³/mol. The Bertz CT molecular complexity index is 282. The molecule has 0 bridgehead atoms. The normalized spacial score (nSPS) is 10.4. The first-order chi connectivity index (χ1) is 7.22. The summed E-state index contributed by atoms with van der Waals surface area (Å²) in [4.78, 5) is 0. The molecule has 0 aliphatic carbocycles. The van der Waals surface area contributed by atoms with Gasteiger partial charge in [-0.15, -0.1) is 0 Å². The average molecular weight is 207 g/mol. The van der Waals surface area contributed by atoms with Crippen molar-refractivity contribution >= 4 is 0 Å². The van der Waals surface area contributed by atoms with E-state index in [0.717, 1.165) is 31.1 Å². The Morgan fingerprint density at radius 2 is 1.87 bits per heavy atom. The molecule has 0 atom stereocenters. The smallest absolute Gasteiger partial charge is 0.123 e. The molecule has 0 saturated heterocycles. The van der Waals surface area contributed by atoms with Crippen LogP contribution >= 0.6 is 0 Å². The molecule has 1 aromatic rings. The lowest BCUT2D eigenvalue weighted by atomic mass is 10.2. The van der Waals surface area contributed by atoms with Gasteiger partial charge in [0.05, 0.1) is 13.2 Å². The summed E-state index contributed by atoms with van der Waals surface area (Å²) in [5.74, 6) is 2.20. The van der Waals surface area contributed by atoms with Crippen LogP contribution < -0.4 is 9.47 Å². The fourth-order valence-corrected chi connectivity index (χ4v) is 1.08. The fraction of sp³-hybridized carbons (Fsp3) is 0.538. The van der Waals surface area contributed by atoms with Crippen molar-refractivity contribution in [2.75, 3.05) is 13.2 Å². The second kappa shape index (κ2) is 6.33. The summed E-state index contributed by atoms with van der Waals surface area (Å²) >= 11 is 0. The Kier molecular flexibility index (Phi) is 5.02. The molecule has 1 rings (SSSR count). The zero-order chi connectivity index (χ0) is 11.1. The summed E-state index contributed by atoms with van der Waals surface area (Å²) in [7, 11) is 0. The minimum absolute atomic E-state index is 0.533. The number of hydrogen-bond acceptors (Lipinski definition) is 2. The SMILES string of the molecule is CCCOc1c[c]cc(OCC(C)C)c1. The van der Waals surface area contributed by atoms with Gasteiger partial charge in [0.25, 0.3) is 0 Å². The minimum atomic E-state index is 0.533. The molecule has 0 aliphatic rings. The van der Waals surface area contributed by atoms with Crippen molar-refractivity contribution in [1.82, 2.24) is 0 Å². The summed E-state index contributed by atoms with van der Waals surface area (Å²) < 4.78 is 11.1. The van der Waals surface area contributed by atoms with Crippen LogP contribution in [0.4, 0.5) is 0 Å². The van der Waals surface area contributed by atoms with E-state index in [-0.39, 0.29) is 0 Å². The van der Waals surface area contributed by atoms with Crippen LogP contribution in [0.15, 0.2) is 18.2 Å². The molecule has 0 aromatic heterocycles. The van der Waals surface area contributed by atoms with E-state index in [4.69, 9.17) is 9.47 Å². The van der Waals surface area contributed by atoms with E-state index in [0.29, 0.717) is 5.92 Å². The Hall–Kier alpha value is -1.18. The Morgan fingerprint density at radius 3 is 2.47 bits per heavy atom. The highest BCUT2D eigenvalue weighted by molar-refractivity contribution is 5.32. The standard InChI is InChI=1S/C13H19O2/c1-4-8-14-12-6-5-7-13(9-12)15-10-11(2)3/h6-7,9,11H,4,8,10H2,1-3H3. The van der Waals surface area contributed by atoms with Gasteiger partial charge in [0.2, 0.25) is 0 Å². The molecule has 1 aromatic carbocycles. The maximum Gasteiger partial charge on any atom is 0.123 e. The third kappa shape index (κ3) is 4.73. The quantitative estimate of drug-likeness (QED) is 0.712. The Balaban J connectivity index is 2.50. The second-order valence-electron chi connectivity index (χ2n) is 3.96. The zero-order valence-corrected chi connectivity index (χ0v) is 9.75. The second-order valence-corrected chi connectivity index (χ2v) is 3.96. The van der Waals surface area contributed by atoms with Gasteiger partial charge in [0.1, 0.15) is 11.5 Å². The van der Waals surface area contributed by atoms with E-state index in [2.05, 4.69) is 26.8 Å². The minimum Gasteiger partial charge on any atom is -0.493 e. The number of benzene rings is 1. The van der Waals surface area contributed by atoms with Crippen molar-refractivity contribution in [3.05, 3.63) is 24.3 Å². The molecule has 0 unspecified atom stereocenters. The number of ether oxygens (including phenoxy) is 2. The van der Waals surface area contributed by atoms with Crippen molar-refractivity contribution in [2.45, 2.75) is 27.2 Å². The molecule has 2 nitrogen and oxygen atoms in total.